The summed E-state index contributed by atoms with van der Waals surface area (Å²) < 4.78 is 0. The van der Waals surface area contributed by atoms with Crippen molar-refractivity contribution < 1.29 is 0 Å². The second-order valence-electron chi connectivity index (χ2n) is 6.48. The summed E-state index contributed by atoms with van der Waals surface area (Å²) in [6.45, 7) is 10.1. The van der Waals surface area contributed by atoms with Crippen LogP contribution in [0.5, 0.6) is 0 Å². The van der Waals surface area contributed by atoms with E-state index in [1.54, 1.807) is 0 Å². The summed E-state index contributed by atoms with van der Waals surface area (Å²) in [4.78, 5) is 0. The standard InChI is InChI=1S/C16H25N/c1-12(16(2,3)4)17-11-13-5-7-14(8-6-13)15-9-10-15/h5-8,12,15,17H,9-11H2,1-4H3. The Morgan fingerprint density at radius 2 is 1.76 bits per heavy atom. The molecule has 1 aromatic carbocycles. The van der Waals surface area contributed by atoms with Crippen molar-refractivity contribution >= 4 is 0 Å². The van der Waals surface area contributed by atoms with Crippen molar-refractivity contribution in [1.82, 2.24) is 5.32 Å². The van der Waals surface area contributed by atoms with Crippen LogP contribution < -0.4 is 5.32 Å². The Balaban J connectivity index is 1.86. The molecule has 1 N–H and O–H groups in total. The molecule has 1 aromatic rings. The highest BCUT2D eigenvalue weighted by Gasteiger charge is 2.23. The Morgan fingerprint density at radius 3 is 2.24 bits per heavy atom. The summed E-state index contributed by atoms with van der Waals surface area (Å²) in [6, 6.07) is 9.68. The first-order valence-corrected chi connectivity index (χ1v) is 6.79. The van der Waals surface area contributed by atoms with Crippen LogP contribution >= 0.6 is 0 Å². The van der Waals surface area contributed by atoms with E-state index in [1.807, 2.05) is 0 Å². The van der Waals surface area contributed by atoms with Crippen molar-refractivity contribution in [3.8, 4) is 0 Å². The number of benzene rings is 1. The summed E-state index contributed by atoms with van der Waals surface area (Å²) in [7, 11) is 0. The molecule has 1 aliphatic carbocycles. The Hall–Kier alpha value is -0.820. The molecule has 0 amide bonds. The van der Waals surface area contributed by atoms with Gasteiger partial charge in [0.05, 0.1) is 0 Å². The predicted octanol–water partition coefficient (Wildman–Crippen LogP) is 4.09. The minimum Gasteiger partial charge on any atom is -0.310 e. The van der Waals surface area contributed by atoms with Crippen LogP contribution in [0, 0.1) is 5.41 Å². The smallest absolute Gasteiger partial charge is 0.0208 e. The van der Waals surface area contributed by atoms with Gasteiger partial charge in [-0.05, 0) is 42.2 Å². The molecular weight excluding hydrogens is 206 g/mol. The van der Waals surface area contributed by atoms with E-state index in [2.05, 4.69) is 57.3 Å². The third-order valence-corrected chi connectivity index (χ3v) is 3.94. The van der Waals surface area contributed by atoms with Crippen molar-refractivity contribution in [2.45, 2.75) is 59.0 Å². The maximum absolute atomic E-state index is 3.60. The number of hydrogen-bond acceptors (Lipinski definition) is 1. The molecule has 0 saturated heterocycles. The van der Waals surface area contributed by atoms with E-state index in [1.165, 1.54) is 24.0 Å². The minimum atomic E-state index is 0.327. The van der Waals surface area contributed by atoms with Gasteiger partial charge in [0.1, 0.15) is 0 Å². The number of rotatable bonds is 4. The first-order valence-electron chi connectivity index (χ1n) is 6.79. The van der Waals surface area contributed by atoms with Crippen LogP contribution in [0.3, 0.4) is 0 Å². The van der Waals surface area contributed by atoms with Crippen LogP contribution in [0.15, 0.2) is 24.3 Å². The molecule has 1 aliphatic rings. The lowest BCUT2D eigenvalue weighted by atomic mass is 9.88. The Labute approximate surface area is 106 Å². The molecule has 1 nitrogen and oxygen atoms in total. The normalized spacial score (nSPS) is 18.1. The van der Waals surface area contributed by atoms with Gasteiger partial charge in [0.25, 0.3) is 0 Å². The predicted molar refractivity (Wildman–Crippen MR) is 74.2 cm³/mol. The Bertz CT molecular complexity index is 354. The van der Waals surface area contributed by atoms with Crippen LogP contribution in [0.25, 0.3) is 0 Å². The average Bonchev–Trinajstić information content (AvgIpc) is 3.09. The van der Waals surface area contributed by atoms with Crippen molar-refractivity contribution in [3.05, 3.63) is 35.4 Å². The van der Waals surface area contributed by atoms with Crippen molar-refractivity contribution in [3.63, 3.8) is 0 Å². The van der Waals surface area contributed by atoms with Gasteiger partial charge in [-0.1, -0.05) is 45.0 Å². The van der Waals surface area contributed by atoms with Gasteiger partial charge in [-0.15, -0.1) is 0 Å². The largest absolute Gasteiger partial charge is 0.310 e. The van der Waals surface area contributed by atoms with Crippen LogP contribution in [-0.4, -0.2) is 6.04 Å². The summed E-state index contributed by atoms with van der Waals surface area (Å²) in [6.07, 6.45) is 2.78. The van der Waals surface area contributed by atoms with Gasteiger partial charge in [0.15, 0.2) is 0 Å². The molecule has 1 heteroatoms. The first-order chi connectivity index (χ1) is 7.97. The fraction of sp³-hybridized carbons (Fsp3) is 0.625. The molecule has 1 atom stereocenters. The zero-order valence-corrected chi connectivity index (χ0v) is 11.6. The lowest BCUT2D eigenvalue weighted by Crippen LogP contribution is -2.37. The van der Waals surface area contributed by atoms with Crippen LogP contribution in [0.2, 0.25) is 0 Å². The molecule has 1 fully saturated rings. The van der Waals surface area contributed by atoms with E-state index in [9.17, 15) is 0 Å². The average molecular weight is 231 g/mol. The third kappa shape index (κ3) is 3.57. The van der Waals surface area contributed by atoms with Crippen molar-refractivity contribution in [2.24, 2.45) is 5.41 Å². The van der Waals surface area contributed by atoms with Crippen molar-refractivity contribution in [1.29, 1.82) is 0 Å². The van der Waals surface area contributed by atoms with E-state index < -0.39 is 0 Å². The fourth-order valence-electron chi connectivity index (χ4n) is 1.90. The molecule has 0 heterocycles. The molecule has 0 spiro atoms. The highest BCUT2D eigenvalue weighted by molar-refractivity contribution is 5.28. The number of hydrogen-bond donors (Lipinski definition) is 1. The van der Waals surface area contributed by atoms with E-state index in [0.29, 0.717) is 11.5 Å². The summed E-state index contributed by atoms with van der Waals surface area (Å²) in [5, 5.41) is 3.60. The molecule has 2 rings (SSSR count). The van der Waals surface area contributed by atoms with Crippen LogP contribution in [-0.2, 0) is 6.54 Å². The highest BCUT2D eigenvalue weighted by atomic mass is 14.9. The minimum absolute atomic E-state index is 0.327. The molecule has 1 unspecified atom stereocenters. The van der Waals surface area contributed by atoms with E-state index in [4.69, 9.17) is 0 Å². The fourth-order valence-corrected chi connectivity index (χ4v) is 1.90. The molecule has 0 bridgehead atoms. The summed E-state index contributed by atoms with van der Waals surface area (Å²) in [5.41, 5.74) is 3.25. The van der Waals surface area contributed by atoms with Gasteiger partial charge in [-0.2, -0.15) is 0 Å². The third-order valence-electron chi connectivity index (χ3n) is 3.94. The maximum Gasteiger partial charge on any atom is 0.0208 e. The Kier molecular flexibility index (Phi) is 3.58. The maximum atomic E-state index is 3.60. The SMILES string of the molecule is CC(NCc1ccc(C2CC2)cc1)C(C)(C)C. The Morgan fingerprint density at radius 1 is 1.18 bits per heavy atom. The zero-order valence-electron chi connectivity index (χ0n) is 11.6. The molecule has 0 radical (unpaired) electrons. The van der Waals surface area contributed by atoms with E-state index >= 15 is 0 Å². The van der Waals surface area contributed by atoms with Gasteiger partial charge >= 0.3 is 0 Å². The van der Waals surface area contributed by atoms with Crippen molar-refractivity contribution in [2.75, 3.05) is 0 Å². The monoisotopic (exact) mass is 231 g/mol. The van der Waals surface area contributed by atoms with Gasteiger partial charge in [-0.3, -0.25) is 0 Å². The van der Waals surface area contributed by atoms with Crippen LogP contribution in [0.1, 0.15) is 57.6 Å². The quantitative estimate of drug-likeness (QED) is 0.823. The highest BCUT2D eigenvalue weighted by Crippen LogP contribution is 2.39. The second kappa shape index (κ2) is 4.81. The summed E-state index contributed by atoms with van der Waals surface area (Å²) >= 11 is 0. The molecular formula is C16H25N. The van der Waals surface area contributed by atoms with E-state index in [0.717, 1.165) is 12.5 Å². The van der Waals surface area contributed by atoms with Gasteiger partial charge < -0.3 is 5.32 Å². The molecule has 0 aromatic heterocycles. The summed E-state index contributed by atoms with van der Waals surface area (Å²) in [5.74, 6) is 0.866. The van der Waals surface area contributed by atoms with Crippen LogP contribution in [0.4, 0.5) is 0 Å². The lowest BCUT2D eigenvalue weighted by molar-refractivity contribution is 0.285. The molecule has 94 valence electrons. The molecule has 1 saturated carbocycles. The number of nitrogens with one attached hydrogen (secondary N) is 1. The van der Waals surface area contributed by atoms with Gasteiger partial charge in [0.2, 0.25) is 0 Å². The lowest BCUT2D eigenvalue weighted by Gasteiger charge is -2.28. The topological polar surface area (TPSA) is 12.0 Å². The molecule has 17 heavy (non-hydrogen) atoms. The zero-order chi connectivity index (χ0) is 12.5. The molecule has 0 aliphatic heterocycles. The van der Waals surface area contributed by atoms with Gasteiger partial charge in [0, 0.05) is 12.6 Å². The van der Waals surface area contributed by atoms with E-state index in [-0.39, 0.29) is 0 Å². The first kappa shape index (κ1) is 12.6. The van der Waals surface area contributed by atoms with Gasteiger partial charge in [-0.25, -0.2) is 0 Å². The second-order valence-corrected chi connectivity index (χ2v) is 6.48.